The quantitative estimate of drug-likeness (QED) is 0.0829. The fourth-order valence-electron chi connectivity index (χ4n) is 12.9. The van der Waals surface area contributed by atoms with Crippen LogP contribution in [0.1, 0.15) is 5.56 Å². The molecule has 0 saturated carbocycles. The number of rotatable bonds is 8. The number of benzene rings is 12. The van der Waals surface area contributed by atoms with Crippen LogP contribution in [0, 0.1) is 17.9 Å². The Morgan fingerprint density at radius 1 is 0.330 bits per heavy atom. The summed E-state index contributed by atoms with van der Waals surface area (Å²) in [6.07, 6.45) is 7.13. The van der Waals surface area contributed by atoms with E-state index < -0.39 is 7.12 Å². The highest BCUT2D eigenvalue weighted by molar-refractivity contribution is 6.58. The third-order valence-electron chi connectivity index (χ3n) is 17.7. The normalized spacial score (nSPS) is 11.1. The lowest BCUT2D eigenvalue weighted by atomic mass is 9.80. The van der Waals surface area contributed by atoms with Crippen molar-refractivity contribution in [2.75, 3.05) is 0 Å². The molecule has 16 heteroatoms. The van der Waals surface area contributed by atoms with E-state index >= 15 is 0 Å². The van der Waals surface area contributed by atoms with Gasteiger partial charge < -0.3 is 10.0 Å². The summed E-state index contributed by atoms with van der Waals surface area (Å²) in [5, 5.41) is 40.1. The first kappa shape index (κ1) is 61.5. The maximum Gasteiger partial charge on any atom is 0.488 e. The van der Waals surface area contributed by atoms with Crippen LogP contribution in [-0.2, 0) is 0 Å². The van der Waals surface area contributed by atoms with Crippen LogP contribution in [0.3, 0.4) is 0 Å². The zero-order chi connectivity index (χ0) is 67.6. The van der Waals surface area contributed by atoms with Crippen molar-refractivity contribution in [2.24, 2.45) is 0 Å². The Morgan fingerprint density at radius 3 is 1.11 bits per heavy atom. The Hall–Kier alpha value is -13.4. The SMILES string of the molecule is Clc1nc(-c2cc3ccccc3c3ccccc23)nc(-c2cc3cccnc3c3ncccc23)n1.N#Cc1ccc(-c2ccc(-c3nc(-c4cc5ccccc5c5ccccc45)nc(-c4cc5cccnc5c5ncccc45)n3)cc2)cc1.[C-]#[N+]c1ccc(-c2ccc(B(O)O)cc2)cc1. The Morgan fingerprint density at radius 2 is 0.660 bits per heavy atom. The molecule has 0 amide bonds. The van der Waals surface area contributed by atoms with Crippen LogP contribution in [0.15, 0.2) is 292 Å². The Balaban J connectivity index is 0.000000130. The predicted molar refractivity (Wildman–Crippen MR) is 401 cm³/mol. The molecule has 0 fully saturated rings. The summed E-state index contributed by atoms with van der Waals surface area (Å²) in [5.41, 5.74) is 13.5. The van der Waals surface area contributed by atoms with E-state index in [-0.39, 0.29) is 5.28 Å². The molecule has 14 nitrogen and oxygen atoms in total. The van der Waals surface area contributed by atoms with Crippen LogP contribution in [0.25, 0.3) is 171 Å². The van der Waals surface area contributed by atoms with Gasteiger partial charge in [-0.05, 0) is 143 Å². The lowest BCUT2D eigenvalue weighted by molar-refractivity contribution is 0.426. The minimum Gasteiger partial charge on any atom is -0.423 e. The largest absolute Gasteiger partial charge is 0.488 e. The topological polar surface area (TPSA) is 198 Å². The molecular formula is C84H50BClN12O2. The second-order valence-electron chi connectivity index (χ2n) is 23.7. The molecule has 0 unspecified atom stereocenters. The van der Waals surface area contributed by atoms with Crippen LogP contribution in [0.5, 0.6) is 0 Å². The second-order valence-corrected chi connectivity index (χ2v) is 24.0. The third-order valence-corrected chi connectivity index (χ3v) is 17.9. The van der Waals surface area contributed by atoms with Crippen molar-refractivity contribution in [3.05, 3.63) is 314 Å². The molecule has 468 valence electrons. The van der Waals surface area contributed by atoms with Crippen LogP contribution < -0.4 is 5.46 Å². The third kappa shape index (κ3) is 11.9. The summed E-state index contributed by atoms with van der Waals surface area (Å²) in [4.78, 5) is 51.3. The van der Waals surface area contributed by atoms with E-state index in [0.717, 1.165) is 126 Å². The van der Waals surface area contributed by atoms with Gasteiger partial charge in [-0.25, -0.2) is 24.8 Å². The summed E-state index contributed by atoms with van der Waals surface area (Å²) in [6, 6.07) is 89.9. The fourth-order valence-corrected chi connectivity index (χ4v) is 13.0. The van der Waals surface area contributed by atoms with E-state index in [2.05, 4.69) is 145 Å². The maximum absolute atomic E-state index is 9.22. The number of fused-ring (bicyclic) bond motifs is 12. The highest BCUT2D eigenvalue weighted by atomic mass is 35.5. The molecule has 18 rings (SSSR count). The summed E-state index contributed by atoms with van der Waals surface area (Å²) < 4.78 is 0. The summed E-state index contributed by atoms with van der Waals surface area (Å²) in [5.74, 6) is 2.76. The van der Waals surface area contributed by atoms with E-state index in [0.29, 0.717) is 45.8 Å². The first-order valence-electron chi connectivity index (χ1n) is 32.0. The van der Waals surface area contributed by atoms with Crippen molar-refractivity contribution in [3.8, 4) is 85.3 Å². The van der Waals surface area contributed by atoms with Crippen LogP contribution in [0.4, 0.5) is 5.69 Å². The van der Waals surface area contributed by atoms with Gasteiger partial charge in [0.05, 0.1) is 40.3 Å². The molecule has 0 aliphatic rings. The van der Waals surface area contributed by atoms with E-state index in [1.165, 1.54) is 10.8 Å². The average Bonchev–Trinajstić information content (AvgIpc) is 0.516. The van der Waals surface area contributed by atoms with Gasteiger partial charge in [-0.15, -0.1) is 0 Å². The number of aromatic nitrogens is 10. The number of hydrogen-bond donors (Lipinski definition) is 2. The fraction of sp³-hybridized carbons (Fsp3) is 0. The Kier molecular flexibility index (Phi) is 16.4. The van der Waals surface area contributed by atoms with Gasteiger partial charge in [-0.2, -0.15) is 15.2 Å². The van der Waals surface area contributed by atoms with E-state index in [9.17, 15) is 5.26 Å². The van der Waals surface area contributed by atoms with Crippen molar-refractivity contribution in [1.29, 1.82) is 5.26 Å². The van der Waals surface area contributed by atoms with Gasteiger partial charge in [0, 0.05) is 74.1 Å². The smallest absolute Gasteiger partial charge is 0.423 e. The maximum atomic E-state index is 9.22. The van der Waals surface area contributed by atoms with Gasteiger partial charge in [0.15, 0.2) is 34.8 Å². The number of halogens is 1. The molecule has 6 aromatic heterocycles. The average molecular weight is 1310 g/mol. The van der Waals surface area contributed by atoms with E-state index in [1.807, 2.05) is 133 Å². The highest BCUT2D eigenvalue weighted by Gasteiger charge is 2.21. The van der Waals surface area contributed by atoms with Crippen molar-refractivity contribution in [1.82, 2.24) is 49.8 Å². The molecule has 6 heterocycles. The Labute approximate surface area is 577 Å². The number of hydrogen-bond acceptors (Lipinski definition) is 13. The second kappa shape index (κ2) is 26.7. The molecule has 0 saturated heterocycles. The first-order valence-corrected chi connectivity index (χ1v) is 32.4. The van der Waals surface area contributed by atoms with Crippen molar-refractivity contribution >= 4 is 117 Å². The lowest BCUT2D eigenvalue weighted by Gasteiger charge is -2.14. The first-order chi connectivity index (χ1) is 49.2. The van der Waals surface area contributed by atoms with Crippen LogP contribution in [-0.4, -0.2) is 67.0 Å². The molecule has 12 aromatic carbocycles. The van der Waals surface area contributed by atoms with Crippen molar-refractivity contribution in [2.45, 2.75) is 0 Å². The van der Waals surface area contributed by atoms with Gasteiger partial charge in [0.1, 0.15) is 0 Å². The molecule has 0 atom stereocenters. The molecular weight excluding hydrogens is 1260 g/mol. The minimum atomic E-state index is -1.44. The molecule has 2 N–H and O–H groups in total. The molecule has 0 bridgehead atoms. The molecule has 0 aliphatic carbocycles. The van der Waals surface area contributed by atoms with Gasteiger partial charge in [-0.3, -0.25) is 19.9 Å². The number of nitriles is 1. The van der Waals surface area contributed by atoms with Gasteiger partial charge >= 0.3 is 7.12 Å². The standard InChI is InChI=1S/C42H24N6.C29H16ClN5.C13H10BNO2/c43-25-26-13-15-27(16-14-26)28-17-19-29(20-18-28)40-46-41(36-23-30-7-1-2-9-32(30)33-10-3-4-11-34(33)36)48-42(47-40)37-24-31-8-5-21-44-38(31)39-35(37)12-6-22-45-39;30-29-34-27(23-15-17-7-1-2-9-19(17)20-10-3-4-11-21(20)23)33-28(35-29)24-16-18-8-5-13-31-25(18)26-22(24)12-6-14-32-26;1-15-13-8-4-11(5-9-13)10-2-6-12(7-3-10)14(16)17/h1-24H;1-16H;2-9,16-17H. The van der Waals surface area contributed by atoms with Crippen molar-refractivity contribution < 1.29 is 10.0 Å². The number of nitrogens with zero attached hydrogens (tertiary/aromatic N) is 12. The summed E-state index contributed by atoms with van der Waals surface area (Å²) in [7, 11) is -1.44. The zero-order valence-corrected chi connectivity index (χ0v) is 53.7. The van der Waals surface area contributed by atoms with E-state index in [4.69, 9.17) is 53.1 Å². The highest BCUT2D eigenvalue weighted by Crippen LogP contribution is 2.40. The van der Waals surface area contributed by atoms with Gasteiger partial charge in [0.25, 0.3) is 0 Å². The summed E-state index contributed by atoms with van der Waals surface area (Å²) >= 11 is 6.50. The zero-order valence-electron chi connectivity index (χ0n) is 52.9. The molecule has 18 aromatic rings. The minimum absolute atomic E-state index is 0.144. The summed E-state index contributed by atoms with van der Waals surface area (Å²) in [6.45, 7) is 6.86. The van der Waals surface area contributed by atoms with Gasteiger partial charge in [0.2, 0.25) is 5.28 Å². The van der Waals surface area contributed by atoms with Crippen molar-refractivity contribution in [3.63, 3.8) is 0 Å². The predicted octanol–water partition coefficient (Wildman–Crippen LogP) is 18.7. The molecule has 0 radical (unpaired) electrons. The lowest BCUT2D eigenvalue weighted by Crippen LogP contribution is -2.29. The van der Waals surface area contributed by atoms with Crippen LogP contribution in [0.2, 0.25) is 5.28 Å². The van der Waals surface area contributed by atoms with E-state index in [1.54, 1.807) is 49.1 Å². The Bertz CT molecular complexity index is 6040. The van der Waals surface area contributed by atoms with Crippen LogP contribution >= 0.6 is 11.6 Å². The van der Waals surface area contributed by atoms with Gasteiger partial charge in [-0.1, -0.05) is 206 Å². The molecule has 0 spiro atoms. The molecule has 100 heavy (non-hydrogen) atoms. The monoisotopic (exact) mass is 1300 g/mol. The number of pyridine rings is 4. The molecule has 0 aliphatic heterocycles.